The first-order chi connectivity index (χ1) is 8.11. The van der Waals surface area contributed by atoms with E-state index in [0.29, 0.717) is 5.41 Å². The molecular formula is C14H24BrNS. The van der Waals surface area contributed by atoms with Gasteiger partial charge in [0.05, 0.1) is 0 Å². The third-order valence-corrected chi connectivity index (χ3v) is 5.04. The minimum absolute atomic E-state index is 0.386. The second-order valence-corrected chi connectivity index (χ2v) is 6.96. The van der Waals surface area contributed by atoms with Crippen LogP contribution >= 0.6 is 27.3 Å². The zero-order chi connectivity index (χ0) is 12.7. The second-order valence-electron chi connectivity index (χ2n) is 5.11. The van der Waals surface area contributed by atoms with Crippen molar-refractivity contribution in [2.45, 2.75) is 46.5 Å². The monoisotopic (exact) mass is 317 g/mol. The summed E-state index contributed by atoms with van der Waals surface area (Å²) >= 11 is 5.51. The number of hydrogen-bond donors (Lipinski definition) is 1. The molecule has 0 spiro atoms. The van der Waals surface area contributed by atoms with Gasteiger partial charge in [0.25, 0.3) is 0 Å². The third kappa shape index (κ3) is 5.11. The SMILES string of the molecule is CCCNCC(C)(CCC)Cc1sccc1Br. The number of halogens is 1. The average molecular weight is 318 g/mol. The summed E-state index contributed by atoms with van der Waals surface area (Å²) in [6.45, 7) is 9.16. The van der Waals surface area contributed by atoms with Gasteiger partial charge in [-0.25, -0.2) is 0 Å². The Morgan fingerprint density at radius 2 is 2.12 bits per heavy atom. The van der Waals surface area contributed by atoms with Crippen LogP contribution in [0.1, 0.15) is 44.9 Å². The Bertz CT molecular complexity index is 324. The molecular weight excluding hydrogens is 294 g/mol. The van der Waals surface area contributed by atoms with Gasteiger partial charge in [-0.15, -0.1) is 11.3 Å². The van der Waals surface area contributed by atoms with E-state index in [9.17, 15) is 0 Å². The standard InChI is InChI=1S/C14H24BrNS/c1-4-7-14(3,11-16-8-5-2)10-13-12(15)6-9-17-13/h6,9,16H,4-5,7-8,10-11H2,1-3H3. The largest absolute Gasteiger partial charge is 0.316 e. The van der Waals surface area contributed by atoms with Gasteiger partial charge in [0, 0.05) is 15.9 Å². The van der Waals surface area contributed by atoms with Crippen molar-refractivity contribution < 1.29 is 0 Å². The molecule has 1 rings (SSSR count). The fourth-order valence-corrected chi connectivity index (χ4v) is 3.96. The first kappa shape index (κ1) is 15.2. The summed E-state index contributed by atoms with van der Waals surface area (Å²) < 4.78 is 1.28. The summed E-state index contributed by atoms with van der Waals surface area (Å²) in [5, 5.41) is 5.75. The van der Waals surface area contributed by atoms with Crippen molar-refractivity contribution in [1.82, 2.24) is 5.32 Å². The summed E-state index contributed by atoms with van der Waals surface area (Å²) in [4.78, 5) is 1.49. The normalized spacial score (nSPS) is 14.8. The molecule has 1 heterocycles. The molecule has 1 nitrogen and oxygen atoms in total. The quantitative estimate of drug-likeness (QED) is 0.675. The molecule has 1 aromatic rings. The highest BCUT2D eigenvalue weighted by Gasteiger charge is 2.24. The zero-order valence-electron chi connectivity index (χ0n) is 11.2. The van der Waals surface area contributed by atoms with Crippen LogP contribution in [-0.2, 0) is 6.42 Å². The van der Waals surface area contributed by atoms with E-state index in [0.717, 1.165) is 13.1 Å². The Morgan fingerprint density at radius 3 is 2.65 bits per heavy atom. The van der Waals surface area contributed by atoms with E-state index in [-0.39, 0.29) is 0 Å². The summed E-state index contributed by atoms with van der Waals surface area (Å²) in [5.74, 6) is 0. The minimum Gasteiger partial charge on any atom is -0.316 e. The summed E-state index contributed by atoms with van der Waals surface area (Å²) in [7, 11) is 0. The van der Waals surface area contributed by atoms with Crippen molar-refractivity contribution >= 4 is 27.3 Å². The molecule has 0 saturated carbocycles. The van der Waals surface area contributed by atoms with Crippen molar-refractivity contribution in [2.75, 3.05) is 13.1 Å². The Balaban J connectivity index is 2.60. The van der Waals surface area contributed by atoms with Crippen LogP contribution < -0.4 is 5.32 Å². The van der Waals surface area contributed by atoms with Gasteiger partial charge in [-0.1, -0.05) is 27.2 Å². The minimum atomic E-state index is 0.386. The Hall–Kier alpha value is 0.140. The van der Waals surface area contributed by atoms with E-state index in [1.165, 1.54) is 35.0 Å². The molecule has 3 heteroatoms. The number of rotatable bonds is 8. The van der Waals surface area contributed by atoms with Gasteiger partial charge in [0.15, 0.2) is 0 Å². The Labute approximate surface area is 118 Å². The highest BCUT2D eigenvalue weighted by molar-refractivity contribution is 9.10. The lowest BCUT2D eigenvalue weighted by Crippen LogP contribution is -2.34. The van der Waals surface area contributed by atoms with Crippen LogP contribution in [0.2, 0.25) is 0 Å². The highest BCUT2D eigenvalue weighted by Crippen LogP contribution is 2.33. The number of hydrogen-bond acceptors (Lipinski definition) is 2. The Morgan fingerprint density at radius 1 is 1.35 bits per heavy atom. The predicted molar refractivity (Wildman–Crippen MR) is 81.9 cm³/mol. The van der Waals surface area contributed by atoms with Gasteiger partial charge in [0.1, 0.15) is 0 Å². The second kappa shape index (κ2) is 7.55. The molecule has 17 heavy (non-hydrogen) atoms. The molecule has 0 amide bonds. The molecule has 0 aromatic carbocycles. The van der Waals surface area contributed by atoms with Crippen LogP contribution in [0.15, 0.2) is 15.9 Å². The van der Waals surface area contributed by atoms with Crippen molar-refractivity contribution in [3.8, 4) is 0 Å². The summed E-state index contributed by atoms with van der Waals surface area (Å²) in [5.41, 5.74) is 0.386. The van der Waals surface area contributed by atoms with Crippen molar-refractivity contribution in [1.29, 1.82) is 0 Å². The highest BCUT2D eigenvalue weighted by atomic mass is 79.9. The van der Waals surface area contributed by atoms with Crippen LogP contribution in [-0.4, -0.2) is 13.1 Å². The zero-order valence-corrected chi connectivity index (χ0v) is 13.6. The molecule has 98 valence electrons. The number of thiophene rings is 1. The molecule has 1 N–H and O–H groups in total. The van der Waals surface area contributed by atoms with Crippen LogP contribution in [0.4, 0.5) is 0 Å². The van der Waals surface area contributed by atoms with Crippen LogP contribution in [0.25, 0.3) is 0 Å². The third-order valence-electron chi connectivity index (χ3n) is 3.11. The van der Waals surface area contributed by atoms with Crippen LogP contribution in [0.5, 0.6) is 0 Å². The lowest BCUT2D eigenvalue weighted by molar-refractivity contribution is 0.277. The predicted octanol–water partition coefficient (Wildman–Crippen LogP) is 4.86. The van der Waals surface area contributed by atoms with E-state index in [1.807, 2.05) is 11.3 Å². The van der Waals surface area contributed by atoms with Crippen molar-refractivity contribution in [3.63, 3.8) is 0 Å². The van der Waals surface area contributed by atoms with Crippen molar-refractivity contribution in [2.24, 2.45) is 5.41 Å². The van der Waals surface area contributed by atoms with E-state index in [4.69, 9.17) is 0 Å². The smallest absolute Gasteiger partial charge is 0.0314 e. The molecule has 0 saturated heterocycles. The molecule has 1 atom stereocenters. The van der Waals surface area contributed by atoms with Crippen LogP contribution in [0.3, 0.4) is 0 Å². The summed E-state index contributed by atoms with van der Waals surface area (Å²) in [6, 6.07) is 2.16. The van der Waals surface area contributed by atoms with Gasteiger partial charge in [0.2, 0.25) is 0 Å². The maximum atomic E-state index is 3.64. The maximum absolute atomic E-state index is 3.64. The summed E-state index contributed by atoms with van der Waals surface area (Å²) in [6.07, 6.45) is 4.93. The van der Waals surface area contributed by atoms with E-state index in [1.54, 1.807) is 0 Å². The van der Waals surface area contributed by atoms with Gasteiger partial charge < -0.3 is 5.32 Å². The lowest BCUT2D eigenvalue weighted by atomic mass is 9.81. The van der Waals surface area contributed by atoms with Gasteiger partial charge in [-0.3, -0.25) is 0 Å². The Kier molecular flexibility index (Phi) is 6.75. The first-order valence-electron chi connectivity index (χ1n) is 6.54. The molecule has 0 aliphatic rings. The number of nitrogens with one attached hydrogen (secondary N) is 1. The topological polar surface area (TPSA) is 12.0 Å². The molecule has 0 fully saturated rings. The van der Waals surface area contributed by atoms with Gasteiger partial charge in [-0.05, 0) is 58.6 Å². The fourth-order valence-electron chi connectivity index (χ4n) is 2.25. The van der Waals surface area contributed by atoms with Gasteiger partial charge >= 0.3 is 0 Å². The van der Waals surface area contributed by atoms with E-state index < -0.39 is 0 Å². The lowest BCUT2D eigenvalue weighted by Gasteiger charge is -2.29. The molecule has 1 aromatic heterocycles. The molecule has 1 unspecified atom stereocenters. The fraction of sp³-hybridized carbons (Fsp3) is 0.714. The first-order valence-corrected chi connectivity index (χ1v) is 8.21. The average Bonchev–Trinajstić information content (AvgIpc) is 2.65. The van der Waals surface area contributed by atoms with Gasteiger partial charge in [-0.2, -0.15) is 0 Å². The molecule has 0 bridgehead atoms. The molecule has 0 aliphatic carbocycles. The van der Waals surface area contributed by atoms with Crippen LogP contribution in [0, 0.1) is 5.41 Å². The molecule has 0 radical (unpaired) electrons. The maximum Gasteiger partial charge on any atom is 0.0314 e. The van der Waals surface area contributed by atoms with E-state index >= 15 is 0 Å². The van der Waals surface area contributed by atoms with Crippen molar-refractivity contribution in [3.05, 3.63) is 20.8 Å². The van der Waals surface area contributed by atoms with E-state index in [2.05, 4.69) is 53.5 Å². The molecule has 0 aliphatic heterocycles.